The maximum atomic E-state index is 5.96. The average Bonchev–Trinajstić information content (AvgIpc) is 2.54. The third-order valence-corrected chi connectivity index (χ3v) is 3.07. The summed E-state index contributed by atoms with van der Waals surface area (Å²) in [4.78, 5) is 0. The Balaban J connectivity index is 2.33. The van der Waals surface area contributed by atoms with Gasteiger partial charge in [-0.1, -0.05) is 23.7 Å². The highest BCUT2D eigenvalue weighted by Gasteiger charge is 2.29. The number of nitrogens with one attached hydrogen (secondary N) is 1. The third kappa shape index (κ3) is 1.72. The van der Waals surface area contributed by atoms with Gasteiger partial charge in [-0.25, -0.2) is 0 Å². The second-order valence-electron chi connectivity index (χ2n) is 3.87. The zero-order chi connectivity index (χ0) is 9.31. The molecular formula is C11H14ClN. The lowest BCUT2D eigenvalue weighted by atomic mass is 9.91. The zero-order valence-electron chi connectivity index (χ0n) is 7.81. The first kappa shape index (κ1) is 9.04. The first-order valence-electron chi connectivity index (χ1n) is 4.72. The van der Waals surface area contributed by atoms with E-state index in [1.165, 1.54) is 18.4 Å². The van der Waals surface area contributed by atoms with Crippen LogP contribution in [0.15, 0.2) is 24.3 Å². The van der Waals surface area contributed by atoms with Gasteiger partial charge in [-0.3, -0.25) is 0 Å². The van der Waals surface area contributed by atoms with Crippen LogP contribution in [0.2, 0.25) is 5.02 Å². The largest absolute Gasteiger partial charge is 0.308 e. The van der Waals surface area contributed by atoms with Crippen LogP contribution in [0.5, 0.6) is 0 Å². The van der Waals surface area contributed by atoms with Gasteiger partial charge in [-0.2, -0.15) is 0 Å². The number of halogens is 1. The molecule has 1 aliphatic rings. The minimum Gasteiger partial charge on any atom is -0.308 e. The average molecular weight is 196 g/mol. The second-order valence-corrected chi connectivity index (χ2v) is 4.31. The van der Waals surface area contributed by atoms with Crippen molar-refractivity contribution in [2.45, 2.75) is 25.3 Å². The number of benzene rings is 1. The Labute approximate surface area is 84.1 Å². The zero-order valence-corrected chi connectivity index (χ0v) is 8.56. The molecular weight excluding hydrogens is 182 g/mol. The summed E-state index contributed by atoms with van der Waals surface area (Å²) in [5, 5.41) is 4.34. The van der Waals surface area contributed by atoms with Crippen LogP contribution in [-0.2, 0) is 5.54 Å². The molecule has 1 nitrogen and oxygen atoms in total. The van der Waals surface area contributed by atoms with Crippen molar-refractivity contribution in [1.29, 1.82) is 0 Å². The lowest BCUT2D eigenvalue weighted by Gasteiger charge is -2.25. The topological polar surface area (TPSA) is 12.0 Å². The van der Waals surface area contributed by atoms with Crippen molar-refractivity contribution in [3.05, 3.63) is 34.9 Å². The van der Waals surface area contributed by atoms with E-state index in [1.807, 2.05) is 12.1 Å². The molecule has 1 fully saturated rings. The fourth-order valence-corrected chi connectivity index (χ4v) is 2.16. The molecule has 13 heavy (non-hydrogen) atoms. The predicted octanol–water partition coefficient (Wildman–Crippen LogP) is 2.94. The molecule has 70 valence electrons. The Morgan fingerprint density at radius 2 is 2.31 bits per heavy atom. The lowest BCUT2D eigenvalue weighted by Crippen LogP contribution is -2.32. The molecule has 1 heterocycles. The summed E-state index contributed by atoms with van der Waals surface area (Å²) in [5.41, 5.74) is 1.45. The maximum Gasteiger partial charge on any atom is 0.0409 e. The van der Waals surface area contributed by atoms with E-state index in [-0.39, 0.29) is 5.54 Å². The highest BCUT2D eigenvalue weighted by atomic mass is 35.5. The van der Waals surface area contributed by atoms with Crippen LogP contribution in [-0.4, -0.2) is 6.54 Å². The quantitative estimate of drug-likeness (QED) is 0.727. The van der Waals surface area contributed by atoms with Gasteiger partial charge in [0.25, 0.3) is 0 Å². The molecule has 2 rings (SSSR count). The highest BCUT2D eigenvalue weighted by molar-refractivity contribution is 6.30. The van der Waals surface area contributed by atoms with Crippen molar-refractivity contribution in [2.75, 3.05) is 6.54 Å². The van der Waals surface area contributed by atoms with Crippen LogP contribution in [0.25, 0.3) is 0 Å². The SMILES string of the molecule is CC1(c2cccc(Cl)c2)CCCN1. The van der Waals surface area contributed by atoms with Crippen LogP contribution >= 0.6 is 11.6 Å². The van der Waals surface area contributed by atoms with Gasteiger partial charge in [0.2, 0.25) is 0 Å². The first-order valence-corrected chi connectivity index (χ1v) is 5.10. The summed E-state index contributed by atoms with van der Waals surface area (Å²) >= 11 is 5.96. The van der Waals surface area contributed by atoms with Crippen molar-refractivity contribution >= 4 is 11.6 Å². The van der Waals surface area contributed by atoms with Crippen molar-refractivity contribution in [2.24, 2.45) is 0 Å². The smallest absolute Gasteiger partial charge is 0.0409 e. The van der Waals surface area contributed by atoms with E-state index < -0.39 is 0 Å². The molecule has 1 atom stereocenters. The summed E-state index contributed by atoms with van der Waals surface area (Å²) in [5.74, 6) is 0. The molecule has 0 bridgehead atoms. The van der Waals surface area contributed by atoms with Crippen LogP contribution < -0.4 is 5.32 Å². The predicted molar refractivity (Wildman–Crippen MR) is 56.0 cm³/mol. The third-order valence-electron chi connectivity index (χ3n) is 2.83. The Bertz CT molecular complexity index is 303. The molecule has 0 aromatic heterocycles. The van der Waals surface area contributed by atoms with Gasteiger partial charge in [-0.05, 0) is 44.0 Å². The number of rotatable bonds is 1. The summed E-state index contributed by atoms with van der Waals surface area (Å²) in [6.45, 7) is 3.36. The van der Waals surface area contributed by atoms with E-state index in [9.17, 15) is 0 Å². The van der Waals surface area contributed by atoms with Gasteiger partial charge < -0.3 is 5.32 Å². The summed E-state index contributed by atoms with van der Waals surface area (Å²) < 4.78 is 0. The minimum atomic E-state index is 0.144. The van der Waals surface area contributed by atoms with Crippen molar-refractivity contribution < 1.29 is 0 Å². The Kier molecular flexibility index (Phi) is 2.31. The molecule has 1 saturated heterocycles. The number of hydrogen-bond donors (Lipinski definition) is 1. The van der Waals surface area contributed by atoms with Crippen molar-refractivity contribution in [3.63, 3.8) is 0 Å². The second kappa shape index (κ2) is 3.32. The van der Waals surface area contributed by atoms with Gasteiger partial charge in [0, 0.05) is 10.6 Å². The fourth-order valence-electron chi connectivity index (χ4n) is 1.97. The van der Waals surface area contributed by atoms with Gasteiger partial charge in [-0.15, -0.1) is 0 Å². The van der Waals surface area contributed by atoms with E-state index in [2.05, 4.69) is 24.4 Å². The Hall–Kier alpha value is -0.530. The number of hydrogen-bond acceptors (Lipinski definition) is 1. The summed E-state index contributed by atoms with van der Waals surface area (Å²) in [6, 6.07) is 8.14. The molecule has 1 unspecified atom stereocenters. The molecule has 1 aliphatic heterocycles. The summed E-state index contributed by atoms with van der Waals surface area (Å²) in [7, 11) is 0. The van der Waals surface area contributed by atoms with Crippen LogP contribution in [0, 0.1) is 0 Å². The Morgan fingerprint density at radius 1 is 1.46 bits per heavy atom. The molecule has 0 radical (unpaired) electrons. The molecule has 0 amide bonds. The molecule has 1 aromatic carbocycles. The molecule has 1 aromatic rings. The summed E-state index contributed by atoms with van der Waals surface area (Å²) in [6.07, 6.45) is 2.45. The molecule has 0 spiro atoms. The van der Waals surface area contributed by atoms with E-state index >= 15 is 0 Å². The van der Waals surface area contributed by atoms with Crippen molar-refractivity contribution in [3.8, 4) is 0 Å². The van der Waals surface area contributed by atoms with Gasteiger partial charge >= 0.3 is 0 Å². The maximum absolute atomic E-state index is 5.96. The first-order chi connectivity index (χ1) is 6.21. The lowest BCUT2D eigenvalue weighted by molar-refractivity contribution is 0.435. The van der Waals surface area contributed by atoms with E-state index in [4.69, 9.17) is 11.6 Å². The monoisotopic (exact) mass is 195 g/mol. The van der Waals surface area contributed by atoms with Crippen LogP contribution in [0.1, 0.15) is 25.3 Å². The standard InChI is InChI=1S/C11H14ClN/c1-11(6-3-7-13-11)9-4-2-5-10(12)8-9/h2,4-5,8,13H,3,6-7H2,1H3. The fraction of sp³-hybridized carbons (Fsp3) is 0.455. The van der Waals surface area contributed by atoms with Crippen LogP contribution in [0.4, 0.5) is 0 Å². The van der Waals surface area contributed by atoms with Gasteiger partial charge in [0.1, 0.15) is 0 Å². The molecule has 0 saturated carbocycles. The van der Waals surface area contributed by atoms with E-state index in [0.29, 0.717) is 0 Å². The minimum absolute atomic E-state index is 0.144. The normalized spacial score (nSPS) is 27.8. The molecule has 1 N–H and O–H groups in total. The van der Waals surface area contributed by atoms with Gasteiger partial charge in [0.15, 0.2) is 0 Å². The highest BCUT2D eigenvalue weighted by Crippen LogP contribution is 2.31. The van der Waals surface area contributed by atoms with Crippen molar-refractivity contribution in [1.82, 2.24) is 5.32 Å². The van der Waals surface area contributed by atoms with E-state index in [1.54, 1.807) is 0 Å². The Morgan fingerprint density at radius 3 is 2.92 bits per heavy atom. The molecule has 0 aliphatic carbocycles. The van der Waals surface area contributed by atoms with E-state index in [0.717, 1.165) is 11.6 Å². The van der Waals surface area contributed by atoms with Crippen LogP contribution in [0.3, 0.4) is 0 Å². The molecule has 2 heteroatoms. The van der Waals surface area contributed by atoms with Gasteiger partial charge in [0.05, 0.1) is 0 Å².